The highest BCUT2D eigenvalue weighted by atomic mass is 16.5. The predicted molar refractivity (Wildman–Crippen MR) is 87.9 cm³/mol. The van der Waals surface area contributed by atoms with Crippen molar-refractivity contribution in [3.8, 4) is 17.1 Å². The number of rotatable bonds is 5. The van der Waals surface area contributed by atoms with Gasteiger partial charge >= 0.3 is 12.0 Å². The Bertz CT molecular complexity index is 730. The van der Waals surface area contributed by atoms with Gasteiger partial charge in [0.25, 0.3) is 0 Å². The summed E-state index contributed by atoms with van der Waals surface area (Å²) in [5, 5.41) is 4.04. The predicted octanol–water partition coefficient (Wildman–Crippen LogP) is 2.52. The quantitative estimate of drug-likeness (QED) is 0.779. The van der Waals surface area contributed by atoms with Gasteiger partial charge in [0.15, 0.2) is 0 Å². The molecular formula is C17H21N3O4. The Kier molecular flexibility index (Phi) is 4.42. The molecule has 2 aromatic rings. The first-order valence-electron chi connectivity index (χ1n) is 7.96. The van der Waals surface area contributed by atoms with Gasteiger partial charge in [-0.1, -0.05) is 17.3 Å². The maximum absolute atomic E-state index is 12.1. The Balaban J connectivity index is 1.76. The van der Waals surface area contributed by atoms with E-state index < -0.39 is 5.41 Å². The first-order chi connectivity index (χ1) is 11.6. The van der Waals surface area contributed by atoms with Crippen LogP contribution in [0, 0.1) is 5.41 Å². The van der Waals surface area contributed by atoms with Crippen LogP contribution in [-0.4, -0.2) is 42.9 Å². The summed E-state index contributed by atoms with van der Waals surface area (Å²) in [6.07, 6.45) is 0.697. The minimum atomic E-state index is -0.541. The molecule has 1 aromatic heterocycles. The number of benzene rings is 1. The third-order valence-electron chi connectivity index (χ3n) is 4.26. The van der Waals surface area contributed by atoms with E-state index in [4.69, 9.17) is 14.0 Å². The molecular weight excluding hydrogens is 310 g/mol. The molecule has 1 aliphatic heterocycles. The highest BCUT2D eigenvalue weighted by Crippen LogP contribution is 2.34. The average molecular weight is 331 g/mol. The third kappa shape index (κ3) is 3.06. The first-order valence-corrected chi connectivity index (χ1v) is 7.96. The second-order valence-corrected chi connectivity index (χ2v) is 6.09. The summed E-state index contributed by atoms with van der Waals surface area (Å²) in [6, 6.07) is 7.89. The summed E-state index contributed by atoms with van der Waals surface area (Å²) < 4.78 is 15.8. The molecule has 0 spiro atoms. The summed E-state index contributed by atoms with van der Waals surface area (Å²) in [5.74, 6) is 1.04. The molecule has 7 heteroatoms. The fourth-order valence-corrected chi connectivity index (χ4v) is 2.82. The number of hydrogen-bond donors (Lipinski definition) is 0. The highest BCUT2D eigenvalue weighted by molar-refractivity contribution is 5.78. The summed E-state index contributed by atoms with van der Waals surface area (Å²) in [5.41, 5.74) is 0.275. The minimum absolute atomic E-state index is 0.181. The number of ether oxygens (including phenoxy) is 2. The largest absolute Gasteiger partial charge is 0.497 e. The van der Waals surface area contributed by atoms with Gasteiger partial charge in [0.05, 0.1) is 19.1 Å². The van der Waals surface area contributed by atoms with Crippen LogP contribution >= 0.6 is 0 Å². The molecule has 3 rings (SSSR count). The van der Waals surface area contributed by atoms with Gasteiger partial charge in [-0.15, -0.1) is 0 Å². The normalized spacial score (nSPS) is 20.2. The first kappa shape index (κ1) is 16.3. The molecule has 0 N–H and O–H groups in total. The van der Waals surface area contributed by atoms with Gasteiger partial charge < -0.3 is 18.9 Å². The highest BCUT2D eigenvalue weighted by Gasteiger charge is 2.43. The van der Waals surface area contributed by atoms with E-state index in [0.29, 0.717) is 38.0 Å². The van der Waals surface area contributed by atoms with E-state index in [1.54, 1.807) is 7.11 Å². The van der Waals surface area contributed by atoms with Crippen LogP contribution in [0.15, 0.2) is 28.8 Å². The van der Waals surface area contributed by atoms with Crippen LogP contribution in [0.4, 0.5) is 6.01 Å². The Morgan fingerprint density at radius 3 is 3.04 bits per heavy atom. The Hall–Kier alpha value is -2.57. The van der Waals surface area contributed by atoms with Crippen LogP contribution in [-0.2, 0) is 9.53 Å². The van der Waals surface area contributed by atoms with E-state index in [2.05, 4.69) is 10.1 Å². The van der Waals surface area contributed by atoms with Crippen molar-refractivity contribution in [2.45, 2.75) is 20.3 Å². The van der Waals surface area contributed by atoms with Crippen molar-refractivity contribution in [2.75, 3.05) is 31.7 Å². The van der Waals surface area contributed by atoms with Gasteiger partial charge in [-0.2, -0.15) is 4.98 Å². The molecule has 0 amide bonds. The molecule has 1 atom stereocenters. The van der Waals surface area contributed by atoms with Gasteiger partial charge in [0.1, 0.15) is 5.75 Å². The number of anilines is 1. The summed E-state index contributed by atoms with van der Waals surface area (Å²) in [4.78, 5) is 18.5. The molecule has 1 aromatic carbocycles. The van der Waals surface area contributed by atoms with Crippen molar-refractivity contribution in [1.82, 2.24) is 10.1 Å². The zero-order valence-electron chi connectivity index (χ0n) is 14.1. The van der Waals surface area contributed by atoms with E-state index in [1.165, 1.54) is 0 Å². The molecule has 0 bridgehead atoms. The van der Waals surface area contributed by atoms with E-state index in [-0.39, 0.29) is 5.97 Å². The summed E-state index contributed by atoms with van der Waals surface area (Å²) in [6.45, 7) is 5.28. The second kappa shape index (κ2) is 6.51. The van der Waals surface area contributed by atoms with Crippen LogP contribution < -0.4 is 9.64 Å². The van der Waals surface area contributed by atoms with Crippen molar-refractivity contribution >= 4 is 12.0 Å². The van der Waals surface area contributed by atoms with Crippen molar-refractivity contribution in [2.24, 2.45) is 5.41 Å². The topological polar surface area (TPSA) is 77.7 Å². The van der Waals surface area contributed by atoms with Crippen molar-refractivity contribution < 1.29 is 18.8 Å². The third-order valence-corrected chi connectivity index (χ3v) is 4.26. The van der Waals surface area contributed by atoms with Crippen molar-refractivity contribution in [3.63, 3.8) is 0 Å². The molecule has 1 saturated heterocycles. The monoisotopic (exact) mass is 331 g/mol. The van der Waals surface area contributed by atoms with Gasteiger partial charge in [0.2, 0.25) is 5.82 Å². The van der Waals surface area contributed by atoms with Crippen molar-refractivity contribution in [1.29, 1.82) is 0 Å². The SMILES string of the molecule is CCOC(=O)C1(C)CCN(c2nc(-c3cccc(OC)c3)no2)C1. The van der Waals surface area contributed by atoms with Crippen LogP contribution in [0.5, 0.6) is 5.75 Å². The number of hydrogen-bond acceptors (Lipinski definition) is 7. The van der Waals surface area contributed by atoms with Crippen LogP contribution in [0.25, 0.3) is 11.4 Å². The molecule has 1 aliphatic rings. The molecule has 24 heavy (non-hydrogen) atoms. The van der Waals surface area contributed by atoms with Gasteiger partial charge in [-0.05, 0) is 32.4 Å². The lowest BCUT2D eigenvalue weighted by molar-refractivity contribution is -0.153. The molecule has 128 valence electrons. The molecule has 0 radical (unpaired) electrons. The number of methoxy groups -OCH3 is 1. The van der Waals surface area contributed by atoms with Crippen LogP contribution in [0.1, 0.15) is 20.3 Å². The molecule has 1 fully saturated rings. The van der Waals surface area contributed by atoms with Crippen LogP contribution in [0.2, 0.25) is 0 Å². The smallest absolute Gasteiger partial charge is 0.324 e. The Labute approximate surface area is 140 Å². The number of carbonyl (C=O) groups excluding carboxylic acids is 1. The van der Waals surface area contributed by atoms with E-state index >= 15 is 0 Å². The maximum atomic E-state index is 12.1. The molecule has 7 nitrogen and oxygen atoms in total. The summed E-state index contributed by atoms with van der Waals surface area (Å²) in [7, 11) is 1.61. The summed E-state index contributed by atoms with van der Waals surface area (Å²) >= 11 is 0. The van der Waals surface area contributed by atoms with E-state index in [0.717, 1.165) is 11.3 Å². The number of carbonyl (C=O) groups is 1. The maximum Gasteiger partial charge on any atom is 0.324 e. The van der Waals surface area contributed by atoms with Gasteiger partial charge in [-0.3, -0.25) is 4.79 Å². The standard InChI is InChI=1S/C17H21N3O4/c1-4-23-15(21)17(2)8-9-20(11-17)16-18-14(19-24-16)12-6-5-7-13(10-12)22-3/h5-7,10H,4,8-9,11H2,1-3H3. The second-order valence-electron chi connectivity index (χ2n) is 6.09. The van der Waals surface area contributed by atoms with E-state index in [9.17, 15) is 4.79 Å². The lowest BCUT2D eigenvalue weighted by Gasteiger charge is -2.21. The fourth-order valence-electron chi connectivity index (χ4n) is 2.82. The van der Waals surface area contributed by atoms with Crippen LogP contribution in [0.3, 0.4) is 0 Å². The Morgan fingerprint density at radius 1 is 1.46 bits per heavy atom. The van der Waals surface area contributed by atoms with Gasteiger partial charge in [0, 0.05) is 18.7 Å². The molecule has 2 heterocycles. The number of esters is 1. The van der Waals surface area contributed by atoms with E-state index in [1.807, 2.05) is 43.0 Å². The fraction of sp³-hybridized carbons (Fsp3) is 0.471. The lowest BCUT2D eigenvalue weighted by atomic mass is 9.90. The van der Waals surface area contributed by atoms with Crippen molar-refractivity contribution in [3.05, 3.63) is 24.3 Å². The zero-order valence-corrected chi connectivity index (χ0v) is 14.1. The number of nitrogens with zero attached hydrogens (tertiary/aromatic N) is 3. The average Bonchev–Trinajstić information content (AvgIpc) is 3.23. The zero-order chi connectivity index (χ0) is 17.2. The minimum Gasteiger partial charge on any atom is -0.497 e. The number of aromatic nitrogens is 2. The molecule has 1 unspecified atom stereocenters. The lowest BCUT2D eigenvalue weighted by Crippen LogP contribution is -2.33. The molecule has 0 aliphatic carbocycles. The Morgan fingerprint density at radius 2 is 2.29 bits per heavy atom. The van der Waals surface area contributed by atoms with Gasteiger partial charge in [-0.25, -0.2) is 0 Å². The molecule has 0 saturated carbocycles.